The van der Waals surface area contributed by atoms with E-state index >= 15 is 0 Å². The Balaban J connectivity index is 1.19. The molecule has 0 unspecified atom stereocenters. The summed E-state index contributed by atoms with van der Waals surface area (Å²) in [5, 5.41) is 0.628. The molecular weight excluding hydrogens is 405 g/mol. The lowest BCUT2D eigenvalue weighted by molar-refractivity contribution is 0.100. The SMILES string of the molecule is O=c1[nH]c2cc(Cl)ccc2n1C1CCN(C[C@H]2CO[C@@H](c3ccc(F)cc3)C2)CC1. The highest BCUT2D eigenvalue weighted by atomic mass is 35.5. The van der Waals surface area contributed by atoms with Gasteiger partial charge < -0.3 is 14.6 Å². The van der Waals surface area contributed by atoms with E-state index in [2.05, 4.69) is 9.88 Å². The number of rotatable bonds is 4. The molecule has 0 spiro atoms. The van der Waals surface area contributed by atoms with Crippen molar-refractivity contribution in [2.45, 2.75) is 31.4 Å². The zero-order valence-electron chi connectivity index (χ0n) is 16.7. The first-order valence-corrected chi connectivity index (χ1v) is 10.9. The molecule has 158 valence electrons. The fourth-order valence-electron chi connectivity index (χ4n) is 4.92. The third kappa shape index (κ3) is 3.92. The van der Waals surface area contributed by atoms with Crippen LogP contribution in [0.2, 0.25) is 5.02 Å². The molecule has 0 radical (unpaired) electrons. The first-order valence-electron chi connectivity index (χ1n) is 10.6. The van der Waals surface area contributed by atoms with Gasteiger partial charge in [-0.25, -0.2) is 9.18 Å². The Labute approximate surface area is 179 Å². The third-order valence-electron chi connectivity index (χ3n) is 6.44. The molecule has 3 heterocycles. The van der Waals surface area contributed by atoms with Gasteiger partial charge in [-0.15, -0.1) is 0 Å². The Morgan fingerprint density at radius 2 is 1.90 bits per heavy atom. The van der Waals surface area contributed by atoms with Gasteiger partial charge in [0.1, 0.15) is 5.82 Å². The Bertz CT molecular complexity index is 1090. The molecule has 2 atom stereocenters. The van der Waals surface area contributed by atoms with Crippen LogP contribution in [0.4, 0.5) is 4.39 Å². The lowest BCUT2D eigenvalue weighted by atomic mass is 9.98. The number of H-pyrrole nitrogens is 1. The molecule has 2 aromatic carbocycles. The number of benzene rings is 2. The molecule has 2 aliphatic heterocycles. The Hall–Kier alpha value is -2.15. The minimum atomic E-state index is -0.214. The fourth-order valence-corrected chi connectivity index (χ4v) is 5.09. The zero-order valence-corrected chi connectivity index (χ0v) is 17.4. The van der Waals surface area contributed by atoms with E-state index in [1.165, 1.54) is 12.1 Å². The van der Waals surface area contributed by atoms with E-state index in [1.807, 2.05) is 34.9 Å². The molecule has 0 saturated carbocycles. The topological polar surface area (TPSA) is 50.3 Å². The van der Waals surface area contributed by atoms with Crippen molar-refractivity contribution in [3.05, 3.63) is 69.4 Å². The normalized spacial score (nSPS) is 23.4. The van der Waals surface area contributed by atoms with Crippen LogP contribution in [0.25, 0.3) is 11.0 Å². The summed E-state index contributed by atoms with van der Waals surface area (Å²) in [5.41, 5.74) is 2.72. The van der Waals surface area contributed by atoms with Crippen molar-refractivity contribution in [3.8, 4) is 0 Å². The molecule has 30 heavy (non-hydrogen) atoms. The summed E-state index contributed by atoms with van der Waals surface area (Å²) in [5.74, 6) is 0.267. The summed E-state index contributed by atoms with van der Waals surface area (Å²) >= 11 is 6.06. The Morgan fingerprint density at radius 1 is 1.13 bits per heavy atom. The maximum absolute atomic E-state index is 13.1. The molecule has 2 aliphatic rings. The Kier molecular flexibility index (Phi) is 5.39. The molecule has 5 rings (SSSR count). The standard InChI is InChI=1S/C23H25ClFN3O2/c24-17-3-6-21-20(12-17)26-23(29)28(21)19-7-9-27(10-8-19)13-15-11-22(30-14-15)16-1-4-18(25)5-2-16/h1-6,12,15,19,22H,7-11,13-14H2,(H,26,29)/t15-,22+/m0/s1. The van der Waals surface area contributed by atoms with Gasteiger partial charge in [-0.2, -0.15) is 0 Å². The summed E-state index contributed by atoms with van der Waals surface area (Å²) in [4.78, 5) is 17.9. The molecule has 2 saturated heterocycles. The number of piperidine rings is 1. The largest absolute Gasteiger partial charge is 0.373 e. The van der Waals surface area contributed by atoms with Crippen molar-refractivity contribution < 1.29 is 9.13 Å². The zero-order chi connectivity index (χ0) is 20.7. The molecular formula is C23H25ClFN3O2. The summed E-state index contributed by atoms with van der Waals surface area (Å²) < 4.78 is 21.0. The maximum atomic E-state index is 13.1. The molecule has 3 aromatic rings. The second kappa shape index (κ2) is 8.17. The van der Waals surface area contributed by atoms with Crippen LogP contribution in [-0.4, -0.2) is 40.7 Å². The number of hydrogen-bond donors (Lipinski definition) is 1. The minimum absolute atomic E-state index is 0.0583. The first kappa shape index (κ1) is 19.8. The van der Waals surface area contributed by atoms with Crippen LogP contribution < -0.4 is 5.69 Å². The molecule has 0 aliphatic carbocycles. The van der Waals surface area contributed by atoms with Gasteiger partial charge >= 0.3 is 5.69 Å². The number of aromatic nitrogens is 2. The van der Waals surface area contributed by atoms with Crippen molar-refractivity contribution in [2.24, 2.45) is 5.92 Å². The lowest BCUT2D eigenvalue weighted by Gasteiger charge is -2.33. The van der Waals surface area contributed by atoms with E-state index < -0.39 is 0 Å². The maximum Gasteiger partial charge on any atom is 0.326 e. The average molecular weight is 430 g/mol. The molecule has 2 fully saturated rings. The monoisotopic (exact) mass is 429 g/mol. The summed E-state index contributed by atoms with van der Waals surface area (Å²) in [7, 11) is 0. The van der Waals surface area contributed by atoms with E-state index in [9.17, 15) is 9.18 Å². The molecule has 0 bridgehead atoms. The van der Waals surface area contributed by atoms with Crippen molar-refractivity contribution in [2.75, 3.05) is 26.2 Å². The van der Waals surface area contributed by atoms with Gasteiger partial charge in [0.15, 0.2) is 0 Å². The highest BCUT2D eigenvalue weighted by Crippen LogP contribution is 2.34. The highest BCUT2D eigenvalue weighted by Gasteiger charge is 2.30. The van der Waals surface area contributed by atoms with E-state index in [1.54, 1.807) is 0 Å². The van der Waals surface area contributed by atoms with Crippen LogP contribution in [0.1, 0.15) is 37.0 Å². The van der Waals surface area contributed by atoms with Crippen LogP contribution in [0, 0.1) is 11.7 Å². The van der Waals surface area contributed by atoms with E-state index in [0.717, 1.165) is 62.1 Å². The predicted molar refractivity (Wildman–Crippen MR) is 115 cm³/mol. The fraction of sp³-hybridized carbons (Fsp3) is 0.435. The second-order valence-electron chi connectivity index (χ2n) is 8.47. The van der Waals surface area contributed by atoms with Crippen LogP contribution in [0.15, 0.2) is 47.3 Å². The number of hydrogen-bond acceptors (Lipinski definition) is 3. The number of likely N-dealkylation sites (tertiary alicyclic amines) is 1. The van der Waals surface area contributed by atoms with E-state index in [0.29, 0.717) is 10.9 Å². The number of halogens is 2. The number of fused-ring (bicyclic) bond motifs is 1. The van der Waals surface area contributed by atoms with Gasteiger partial charge in [0.25, 0.3) is 0 Å². The Morgan fingerprint density at radius 3 is 2.67 bits per heavy atom. The van der Waals surface area contributed by atoms with Crippen LogP contribution in [0.3, 0.4) is 0 Å². The number of ether oxygens (including phenoxy) is 1. The number of nitrogens with zero attached hydrogens (tertiary/aromatic N) is 2. The number of aromatic amines is 1. The van der Waals surface area contributed by atoms with Crippen LogP contribution in [-0.2, 0) is 4.74 Å². The quantitative estimate of drug-likeness (QED) is 0.662. The molecule has 0 amide bonds. The number of nitrogens with one attached hydrogen (secondary N) is 1. The van der Waals surface area contributed by atoms with Gasteiger partial charge in [-0.3, -0.25) is 4.57 Å². The summed E-state index contributed by atoms with van der Waals surface area (Å²) in [6.45, 7) is 3.68. The van der Waals surface area contributed by atoms with Gasteiger partial charge in [0, 0.05) is 30.7 Å². The van der Waals surface area contributed by atoms with Gasteiger partial charge in [0.05, 0.1) is 23.7 Å². The lowest BCUT2D eigenvalue weighted by Crippen LogP contribution is -2.39. The second-order valence-corrected chi connectivity index (χ2v) is 8.91. The predicted octanol–water partition coefficient (Wildman–Crippen LogP) is 4.54. The molecule has 1 aromatic heterocycles. The molecule has 5 nitrogen and oxygen atoms in total. The molecule has 7 heteroatoms. The van der Waals surface area contributed by atoms with E-state index in [4.69, 9.17) is 16.3 Å². The highest BCUT2D eigenvalue weighted by molar-refractivity contribution is 6.31. The van der Waals surface area contributed by atoms with E-state index in [-0.39, 0.29) is 23.7 Å². The average Bonchev–Trinajstić information content (AvgIpc) is 3.32. The van der Waals surface area contributed by atoms with Crippen molar-refractivity contribution >= 4 is 22.6 Å². The smallest absolute Gasteiger partial charge is 0.326 e. The van der Waals surface area contributed by atoms with Crippen molar-refractivity contribution in [3.63, 3.8) is 0 Å². The van der Waals surface area contributed by atoms with Gasteiger partial charge in [-0.05, 0) is 61.1 Å². The third-order valence-corrected chi connectivity index (χ3v) is 6.67. The van der Waals surface area contributed by atoms with Crippen molar-refractivity contribution in [1.29, 1.82) is 0 Å². The van der Waals surface area contributed by atoms with Crippen LogP contribution in [0.5, 0.6) is 0 Å². The first-order chi connectivity index (χ1) is 14.6. The summed E-state index contributed by atoms with van der Waals surface area (Å²) in [6.07, 6.45) is 2.92. The summed E-state index contributed by atoms with van der Waals surface area (Å²) in [6, 6.07) is 12.4. The number of imidazole rings is 1. The van der Waals surface area contributed by atoms with Crippen LogP contribution >= 0.6 is 11.6 Å². The molecule has 1 N–H and O–H groups in total. The van der Waals surface area contributed by atoms with Gasteiger partial charge in [-0.1, -0.05) is 23.7 Å². The van der Waals surface area contributed by atoms with Crippen molar-refractivity contribution in [1.82, 2.24) is 14.5 Å². The minimum Gasteiger partial charge on any atom is -0.373 e. The van der Waals surface area contributed by atoms with Gasteiger partial charge in [0.2, 0.25) is 0 Å².